The van der Waals surface area contributed by atoms with Gasteiger partial charge in [0, 0.05) is 37.1 Å². The maximum Gasteiger partial charge on any atom is 0.120 e. The topological polar surface area (TPSA) is 45.6 Å². The molecule has 2 aromatic carbocycles. The number of pyridine rings is 1. The summed E-state index contributed by atoms with van der Waals surface area (Å²) >= 11 is 0. The average molecular weight is 334 g/mol. The van der Waals surface area contributed by atoms with Crippen LogP contribution in [0.3, 0.4) is 0 Å². The van der Waals surface area contributed by atoms with E-state index in [2.05, 4.69) is 22.0 Å². The van der Waals surface area contributed by atoms with E-state index in [1.54, 1.807) is 13.2 Å². The molecule has 1 saturated carbocycles. The van der Waals surface area contributed by atoms with Gasteiger partial charge >= 0.3 is 0 Å². The number of methoxy groups -OCH3 is 1. The van der Waals surface area contributed by atoms with Gasteiger partial charge in [-0.3, -0.25) is 9.88 Å². The van der Waals surface area contributed by atoms with Crippen LogP contribution in [0.5, 0.6) is 11.5 Å². The number of phenols is 1. The molecule has 1 aromatic heterocycles. The number of benzene rings is 2. The van der Waals surface area contributed by atoms with E-state index in [4.69, 9.17) is 4.74 Å². The van der Waals surface area contributed by atoms with Gasteiger partial charge < -0.3 is 9.84 Å². The lowest BCUT2D eigenvalue weighted by Gasteiger charge is -2.23. The molecule has 128 valence electrons. The van der Waals surface area contributed by atoms with E-state index >= 15 is 0 Å². The number of aromatic nitrogens is 1. The monoisotopic (exact) mass is 334 g/mol. The van der Waals surface area contributed by atoms with Crippen LogP contribution in [0.4, 0.5) is 0 Å². The van der Waals surface area contributed by atoms with Crippen molar-refractivity contribution in [3.63, 3.8) is 0 Å². The van der Waals surface area contributed by atoms with E-state index < -0.39 is 0 Å². The zero-order valence-electron chi connectivity index (χ0n) is 14.4. The normalized spacial score (nSPS) is 14.2. The highest BCUT2D eigenvalue weighted by atomic mass is 16.5. The Labute approximate surface area is 147 Å². The van der Waals surface area contributed by atoms with Gasteiger partial charge in [0.1, 0.15) is 11.5 Å². The maximum absolute atomic E-state index is 10.5. The van der Waals surface area contributed by atoms with E-state index in [0.717, 1.165) is 35.2 Å². The van der Waals surface area contributed by atoms with E-state index in [1.807, 2.05) is 36.7 Å². The van der Waals surface area contributed by atoms with Crippen molar-refractivity contribution in [3.05, 3.63) is 66.0 Å². The predicted octanol–water partition coefficient (Wildman–Crippen LogP) is 4.11. The van der Waals surface area contributed by atoms with E-state index in [1.165, 1.54) is 18.4 Å². The van der Waals surface area contributed by atoms with Crippen LogP contribution in [0.15, 0.2) is 54.9 Å². The van der Waals surface area contributed by atoms with E-state index in [9.17, 15) is 5.11 Å². The molecule has 4 heteroatoms. The van der Waals surface area contributed by atoms with Crippen molar-refractivity contribution in [2.75, 3.05) is 7.11 Å². The van der Waals surface area contributed by atoms with Crippen molar-refractivity contribution in [3.8, 4) is 11.5 Å². The summed E-state index contributed by atoms with van der Waals surface area (Å²) in [7, 11) is 1.67. The molecule has 1 aliphatic carbocycles. The van der Waals surface area contributed by atoms with Crippen LogP contribution < -0.4 is 4.74 Å². The third kappa shape index (κ3) is 3.44. The Morgan fingerprint density at radius 3 is 2.56 bits per heavy atom. The molecule has 0 unspecified atom stereocenters. The van der Waals surface area contributed by atoms with Crippen molar-refractivity contribution in [2.45, 2.75) is 32.0 Å². The molecule has 0 saturated heterocycles. The molecule has 0 radical (unpaired) electrons. The van der Waals surface area contributed by atoms with Gasteiger partial charge in [-0.15, -0.1) is 0 Å². The zero-order valence-corrected chi connectivity index (χ0v) is 14.4. The molecule has 0 spiro atoms. The summed E-state index contributed by atoms with van der Waals surface area (Å²) in [4.78, 5) is 6.55. The summed E-state index contributed by atoms with van der Waals surface area (Å²) in [5.74, 6) is 1.16. The Balaban J connectivity index is 1.68. The summed E-state index contributed by atoms with van der Waals surface area (Å²) in [6, 6.07) is 14.5. The van der Waals surface area contributed by atoms with Gasteiger partial charge in [0.25, 0.3) is 0 Å². The lowest BCUT2D eigenvalue weighted by atomic mass is 10.0. The SMILES string of the molecule is COc1ccc2ccc(O)c(CN(Cc3ccncc3)C3CC3)c2c1. The minimum Gasteiger partial charge on any atom is -0.508 e. The fraction of sp³-hybridized carbons (Fsp3) is 0.286. The van der Waals surface area contributed by atoms with Crippen molar-refractivity contribution in [1.82, 2.24) is 9.88 Å². The standard InChI is InChI=1S/C21H22N2O2/c1-25-18-6-2-16-3-7-21(24)20(19(16)12-18)14-23(17-4-5-17)13-15-8-10-22-11-9-15/h2-3,6-12,17,24H,4-5,13-14H2,1H3. The summed E-state index contributed by atoms with van der Waals surface area (Å²) < 4.78 is 5.38. The Bertz CT molecular complexity index is 876. The second kappa shape index (κ2) is 6.73. The first-order chi connectivity index (χ1) is 12.2. The van der Waals surface area contributed by atoms with Crippen molar-refractivity contribution < 1.29 is 9.84 Å². The highest BCUT2D eigenvalue weighted by molar-refractivity contribution is 5.89. The summed E-state index contributed by atoms with van der Waals surface area (Å²) in [5, 5.41) is 12.7. The minimum absolute atomic E-state index is 0.348. The number of aromatic hydroxyl groups is 1. The molecule has 4 rings (SSSR count). The van der Waals surface area contributed by atoms with Gasteiger partial charge in [0.2, 0.25) is 0 Å². The Morgan fingerprint density at radius 2 is 1.84 bits per heavy atom. The predicted molar refractivity (Wildman–Crippen MR) is 98.7 cm³/mol. The first-order valence-corrected chi connectivity index (χ1v) is 8.66. The number of nitrogens with zero attached hydrogens (tertiary/aromatic N) is 2. The third-order valence-electron chi connectivity index (χ3n) is 4.88. The lowest BCUT2D eigenvalue weighted by molar-refractivity contribution is 0.243. The summed E-state index contributed by atoms with van der Waals surface area (Å²) in [6.45, 7) is 1.59. The fourth-order valence-corrected chi connectivity index (χ4v) is 3.32. The molecule has 0 bridgehead atoms. The number of phenolic OH excluding ortho intramolecular Hbond substituents is 1. The number of hydrogen-bond acceptors (Lipinski definition) is 4. The highest BCUT2D eigenvalue weighted by Gasteiger charge is 2.30. The van der Waals surface area contributed by atoms with E-state index in [0.29, 0.717) is 11.8 Å². The minimum atomic E-state index is 0.348. The molecule has 1 fully saturated rings. The summed E-state index contributed by atoms with van der Waals surface area (Å²) in [6.07, 6.45) is 6.11. The van der Waals surface area contributed by atoms with Gasteiger partial charge in [-0.2, -0.15) is 0 Å². The molecular weight excluding hydrogens is 312 g/mol. The molecular formula is C21H22N2O2. The second-order valence-electron chi connectivity index (χ2n) is 6.64. The third-order valence-corrected chi connectivity index (χ3v) is 4.88. The number of hydrogen-bond donors (Lipinski definition) is 1. The van der Waals surface area contributed by atoms with Crippen molar-refractivity contribution >= 4 is 10.8 Å². The van der Waals surface area contributed by atoms with Gasteiger partial charge in [-0.1, -0.05) is 12.1 Å². The van der Waals surface area contributed by atoms with Crippen molar-refractivity contribution in [1.29, 1.82) is 0 Å². The van der Waals surface area contributed by atoms with Crippen LogP contribution in [-0.2, 0) is 13.1 Å². The van der Waals surface area contributed by atoms with Crippen LogP contribution in [0.2, 0.25) is 0 Å². The van der Waals surface area contributed by atoms with E-state index in [-0.39, 0.29) is 0 Å². The summed E-state index contributed by atoms with van der Waals surface area (Å²) in [5.41, 5.74) is 2.22. The van der Waals surface area contributed by atoms with Crippen LogP contribution in [0.1, 0.15) is 24.0 Å². The smallest absolute Gasteiger partial charge is 0.120 e. The molecule has 1 aliphatic rings. The second-order valence-corrected chi connectivity index (χ2v) is 6.64. The molecule has 1 N–H and O–H groups in total. The van der Waals surface area contributed by atoms with Gasteiger partial charge in [-0.05, 0) is 59.5 Å². The lowest BCUT2D eigenvalue weighted by Crippen LogP contribution is -2.25. The molecule has 0 aliphatic heterocycles. The molecule has 25 heavy (non-hydrogen) atoms. The molecule has 0 atom stereocenters. The quantitative estimate of drug-likeness (QED) is 0.737. The van der Waals surface area contributed by atoms with Crippen LogP contribution in [0.25, 0.3) is 10.8 Å². The molecule has 3 aromatic rings. The molecule has 4 nitrogen and oxygen atoms in total. The van der Waals surface area contributed by atoms with Gasteiger partial charge in [0.05, 0.1) is 7.11 Å². The van der Waals surface area contributed by atoms with Crippen LogP contribution in [0, 0.1) is 0 Å². The Kier molecular flexibility index (Phi) is 4.28. The largest absolute Gasteiger partial charge is 0.508 e. The molecule has 0 amide bonds. The number of fused-ring (bicyclic) bond motifs is 1. The first-order valence-electron chi connectivity index (χ1n) is 8.66. The molecule has 1 heterocycles. The average Bonchev–Trinajstić information content (AvgIpc) is 3.49. The van der Waals surface area contributed by atoms with Gasteiger partial charge in [0.15, 0.2) is 0 Å². The number of rotatable bonds is 6. The first kappa shape index (κ1) is 15.9. The fourth-order valence-electron chi connectivity index (χ4n) is 3.32. The Morgan fingerprint density at radius 1 is 1.08 bits per heavy atom. The highest BCUT2D eigenvalue weighted by Crippen LogP contribution is 2.35. The van der Waals surface area contributed by atoms with Crippen LogP contribution in [-0.4, -0.2) is 28.1 Å². The zero-order chi connectivity index (χ0) is 17.2. The van der Waals surface area contributed by atoms with Gasteiger partial charge in [-0.25, -0.2) is 0 Å². The Hall–Kier alpha value is -2.59. The number of ether oxygens (including phenoxy) is 1. The van der Waals surface area contributed by atoms with Crippen molar-refractivity contribution in [2.24, 2.45) is 0 Å². The maximum atomic E-state index is 10.5. The van der Waals surface area contributed by atoms with Crippen LogP contribution >= 0.6 is 0 Å².